The molecule has 16 heavy (non-hydrogen) atoms. The van der Waals surface area contributed by atoms with Crippen LogP contribution in [0.4, 0.5) is 0 Å². The van der Waals surface area contributed by atoms with Crippen molar-refractivity contribution in [1.82, 2.24) is 0 Å². The smallest absolute Gasteiger partial charge is 0.122 e. The fourth-order valence-electron chi connectivity index (χ4n) is 2.04. The minimum atomic E-state index is 0.359. The highest BCUT2D eigenvalue weighted by atomic mass is 16.5. The van der Waals surface area contributed by atoms with Crippen LogP contribution in [-0.2, 0) is 6.42 Å². The van der Waals surface area contributed by atoms with Crippen LogP contribution in [0.2, 0.25) is 0 Å². The molecule has 0 amide bonds. The maximum Gasteiger partial charge on any atom is 0.122 e. The van der Waals surface area contributed by atoms with Crippen LogP contribution in [0.15, 0.2) is 42.5 Å². The lowest BCUT2D eigenvalue weighted by molar-refractivity contribution is 0.165. The zero-order valence-electron chi connectivity index (χ0n) is 9.43. The van der Waals surface area contributed by atoms with E-state index >= 15 is 0 Å². The first-order chi connectivity index (χ1) is 7.90. The molecule has 0 saturated heterocycles. The highest BCUT2D eigenvalue weighted by Crippen LogP contribution is 2.28. The molecule has 1 atom stereocenters. The summed E-state index contributed by atoms with van der Waals surface area (Å²) in [4.78, 5) is 0. The minimum Gasteiger partial charge on any atom is -0.490 e. The fraction of sp³-hybridized carbons (Fsp3) is 0.333. The zero-order chi connectivity index (χ0) is 11.2. The van der Waals surface area contributed by atoms with Gasteiger partial charge in [0.2, 0.25) is 0 Å². The first-order valence-corrected chi connectivity index (χ1v) is 5.85. The molecule has 0 spiro atoms. The van der Waals surface area contributed by atoms with Gasteiger partial charge in [0.15, 0.2) is 0 Å². The average molecular weight is 213 g/mol. The predicted molar refractivity (Wildman–Crippen MR) is 66.4 cm³/mol. The van der Waals surface area contributed by atoms with Crippen molar-refractivity contribution in [2.75, 3.05) is 0 Å². The third-order valence-electron chi connectivity index (χ3n) is 2.90. The Hall–Kier alpha value is -1.50. The standard InChI is InChI=1S/C15H17O/c1-2-3-4-5-9-14-12-11-13-8-6-7-10-15(13)16-14/h1-4,6-8,10,14H,5,9,11-12H2/b2-1?,4-3+. The molecular weight excluding hydrogens is 196 g/mol. The molecule has 0 saturated carbocycles. The first kappa shape index (κ1) is 11.0. The molecule has 0 aromatic heterocycles. The van der Waals surface area contributed by atoms with E-state index in [2.05, 4.69) is 24.3 Å². The summed E-state index contributed by atoms with van der Waals surface area (Å²) in [6.45, 7) is 5.27. The Balaban J connectivity index is 1.88. The van der Waals surface area contributed by atoms with Gasteiger partial charge in [-0.3, -0.25) is 0 Å². The third-order valence-corrected chi connectivity index (χ3v) is 2.90. The lowest BCUT2D eigenvalue weighted by atomic mass is 9.99. The van der Waals surface area contributed by atoms with Gasteiger partial charge in [0, 0.05) is 0 Å². The van der Waals surface area contributed by atoms with Gasteiger partial charge in [-0.05, 0) is 37.3 Å². The number of hydrogen-bond acceptors (Lipinski definition) is 1. The van der Waals surface area contributed by atoms with E-state index in [0.29, 0.717) is 6.10 Å². The minimum absolute atomic E-state index is 0.359. The number of ether oxygens (including phenoxy) is 1. The maximum absolute atomic E-state index is 5.94. The number of allylic oxidation sites excluding steroid dienone is 3. The summed E-state index contributed by atoms with van der Waals surface area (Å²) in [5.74, 6) is 1.06. The molecule has 0 fully saturated rings. The highest BCUT2D eigenvalue weighted by Gasteiger charge is 2.17. The summed E-state index contributed by atoms with van der Waals surface area (Å²) >= 11 is 0. The van der Waals surface area contributed by atoms with Gasteiger partial charge in [-0.25, -0.2) is 0 Å². The topological polar surface area (TPSA) is 9.23 Å². The van der Waals surface area contributed by atoms with Gasteiger partial charge in [-0.15, -0.1) is 0 Å². The Morgan fingerprint density at radius 3 is 3.12 bits per heavy atom. The molecule has 0 aliphatic carbocycles. The van der Waals surface area contributed by atoms with Gasteiger partial charge in [0.25, 0.3) is 0 Å². The quantitative estimate of drug-likeness (QED) is 0.693. The molecule has 1 aliphatic rings. The normalized spacial score (nSPS) is 19.1. The Kier molecular flexibility index (Phi) is 3.81. The fourth-order valence-corrected chi connectivity index (χ4v) is 2.04. The number of hydrogen-bond donors (Lipinski definition) is 0. The Morgan fingerprint density at radius 2 is 2.25 bits per heavy atom. The molecule has 1 heteroatoms. The van der Waals surface area contributed by atoms with Crippen LogP contribution in [0.25, 0.3) is 0 Å². The van der Waals surface area contributed by atoms with Crippen molar-refractivity contribution >= 4 is 0 Å². The Morgan fingerprint density at radius 1 is 1.38 bits per heavy atom. The summed E-state index contributed by atoms with van der Waals surface area (Å²) in [5.41, 5.74) is 1.34. The molecule has 1 heterocycles. The number of para-hydroxylation sites is 1. The highest BCUT2D eigenvalue weighted by molar-refractivity contribution is 5.35. The molecular formula is C15H17O. The average Bonchev–Trinajstić information content (AvgIpc) is 2.34. The summed E-state index contributed by atoms with van der Waals surface area (Å²) in [6.07, 6.45) is 10.2. The third kappa shape index (κ3) is 2.75. The number of aryl methyl sites for hydroxylation is 1. The van der Waals surface area contributed by atoms with E-state index < -0.39 is 0 Å². The van der Waals surface area contributed by atoms with E-state index in [-0.39, 0.29) is 0 Å². The van der Waals surface area contributed by atoms with Crippen molar-refractivity contribution in [3.8, 4) is 5.75 Å². The van der Waals surface area contributed by atoms with E-state index in [4.69, 9.17) is 11.3 Å². The van der Waals surface area contributed by atoms with Crippen molar-refractivity contribution in [1.29, 1.82) is 0 Å². The van der Waals surface area contributed by atoms with Crippen molar-refractivity contribution < 1.29 is 4.74 Å². The number of fused-ring (bicyclic) bond motifs is 1. The Bertz CT molecular complexity index is 379. The Labute approximate surface area is 97.4 Å². The van der Waals surface area contributed by atoms with E-state index in [1.807, 2.05) is 12.1 Å². The van der Waals surface area contributed by atoms with Crippen LogP contribution < -0.4 is 4.74 Å². The van der Waals surface area contributed by atoms with Crippen LogP contribution in [0, 0.1) is 6.58 Å². The van der Waals surface area contributed by atoms with E-state index in [9.17, 15) is 0 Å². The van der Waals surface area contributed by atoms with Crippen LogP contribution in [0.5, 0.6) is 5.75 Å². The molecule has 0 N–H and O–H groups in total. The van der Waals surface area contributed by atoms with Crippen LogP contribution in [0.3, 0.4) is 0 Å². The first-order valence-electron chi connectivity index (χ1n) is 5.85. The predicted octanol–water partition coefficient (Wildman–Crippen LogP) is 3.71. The largest absolute Gasteiger partial charge is 0.490 e. The van der Waals surface area contributed by atoms with E-state index in [1.54, 1.807) is 6.08 Å². The lowest BCUT2D eigenvalue weighted by Crippen LogP contribution is -2.22. The number of benzene rings is 1. The molecule has 1 aromatic rings. The SMILES string of the molecule is [CH]=C/C=C/CCC1CCc2ccccc2O1. The second-order valence-corrected chi connectivity index (χ2v) is 4.08. The van der Waals surface area contributed by atoms with Gasteiger partial charge in [-0.1, -0.05) is 43.0 Å². The molecule has 0 bridgehead atoms. The van der Waals surface area contributed by atoms with Gasteiger partial charge in [0.05, 0.1) is 6.10 Å². The molecule has 1 unspecified atom stereocenters. The van der Waals surface area contributed by atoms with Gasteiger partial charge >= 0.3 is 0 Å². The molecule has 1 aromatic carbocycles. The summed E-state index contributed by atoms with van der Waals surface area (Å²) < 4.78 is 5.94. The van der Waals surface area contributed by atoms with Crippen molar-refractivity contribution in [3.63, 3.8) is 0 Å². The van der Waals surface area contributed by atoms with E-state index in [0.717, 1.165) is 31.4 Å². The van der Waals surface area contributed by atoms with Crippen molar-refractivity contribution in [3.05, 3.63) is 54.6 Å². The van der Waals surface area contributed by atoms with Gasteiger partial charge in [-0.2, -0.15) is 0 Å². The van der Waals surface area contributed by atoms with E-state index in [1.165, 1.54) is 5.56 Å². The second-order valence-electron chi connectivity index (χ2n) is 4.08. The summed E-state index contributed by atoms with van der Waals surface area (Å²) in [6, 6.07) is 8.31. The van der Waals surface area contributed by atoms with Gasteiger partial charge in [0.1, 0.15) is 5.75 Å². The molecule has 1 radical (unpaired) electrons. The van der Waals surface area contributed by atoms with Gasteiger partial charge < -0.3 is 4.74 Å². The lowest BCUT2D eigenvalue weighted by Gasteiger charge is -2.25. The summed E-state index contributed by atoms with van der Waals surface area (Å²) in [7, 11) is 0. The molecule has 83 valence electrons. The van der Waals surface area contributed by atoms with Crippen molar-refractivity contribution in [2.24, 2.45) is 0 Å². The zero-order valence-corrected chi connectivity index (χ0v) is 9.43. The second kappa shape index (κ2) is 5.55. The van der Waals surface area contributed by atoms with Crippen LogP contribution >= 0.6 is 0 Å². The van der Waals surface area contributed by atoms with Crippen molar-refractivity contribution in [2.45, 2.75) is 31.8 Å². The molecule has 1 aliphatic heterocycles. The maximum atomic E-state index is 5.94. The summed E-state index contributed by atoms with van der Waals surface area (Å²) in [5, 5.41) is 0. The van der Waals surface area contributed by atoms with Crippen LogP contribution in [-0.4, -0.2) is 6.10 Å². The monoisotopic (exact) mass is 213 g/mol. The van der Waals surface area contributed by atoms with Crippen LogP contribution in [0.1, 0.15) is 24.8 Å². The molecule has 1 nitrogen and oxygen atoms in total. The number of rotatable bonds is 4. The molecule has 2 rings (SSSR count).